The Morgan fingerprint density at radius 2 is 2.07 bits per heavy atom. The highest BCUT2D eigenvalue weighted by molar-refractivity contribution is 5.36. The van der Waals surface area contributed by atoms with Gasteiger partial charge in [0.25, 0.3) is 0 Å². The van der Waals surface area contributed by atoms with Gasteiger partial charge in [0.15, 0.2) is 0 Å². The highest BCUT2D eigenvalue weighted by atomic mass is 15.4. The monoisotopic (exact) mass is 202 g/mol. The Kier molecular flexibility index (Phi) is 2.49. The summed E-state index contributed by atoms with van der Waals surface area (Å²) in [4.78, 5) is 4.54. The Morgan fingerprint density at radius 1 is 1.27 bits per heavy atom. The third-order valence-electron chi connectivity index (χ3n) is 2.34. The van der Waals surface area contributed by atoms with Crippen molar-refractivity contribution in [3.63, 3.8) is 0 Å². The standard InChI is InChI=1S/C11H14N4/c1-8(2)10-4-5-11(9(3)13-10)15-7-6-12-14-15/h4-8H,1-3H3. The van der Waals surface area contributed by atoms with E-state index in [9.17, 15) is 0 Å². The van der Waals surface area contributed by atoms with Gasteiger partial charge in [0, 0.05) is 5.69 Å². The molecule has 0 aliphatic heterocycles. The van der Waals surface area contributed by atoms with Crippen molar-refractivity contribution in [3.05, 3.63) is 35.9 Å². The Balaban J connectivity index is 2.44. The fourth-order valence-electron chi connectivity index (χ4n) is 1.47. The second kappa shape index (κ2) is 3.81. The van der Waals surface area contributed by atoms with Crippen LogP contribution >= 0.6 is 0 Å². The van der Waals surface area contributed by atoms with E-state index in [4.69, 9.17) is 0 Å². The molecule has 2 heterocycles. The van der Waals surface area contributed by atoms with E-state index in [-0.39, 0.29) is 0 Å². The van der Waals surface area contributed by atoms with Crippen LogP contribution < -0.4 is 0 Å². The van der Waals surface area contributed by atoms with E-state index in [2.05, 4.69) is 29.1 Å². The maximum absolute atomic E-state index is 4.54. The van der Waals surface area contributed by atoms with Gasteiger partial charge in [0.1, 0.15) is 0 Å². The van der Waals surface area contributed by atoms with Crippen LogP contribution in [0.3, 0.4) is 0 Å². The lowest BCUT2D eigenvalue weighted by Crippen LogP contribution is -2.02. The highest BCUT2D eigenvalue weighted by Gasteiger charge is 2.06. The topological polar surface area (TPSA) is 43.6 Å². The van der Waals surface area contributed by atoms with Crippen LogP contribution in [-0.2, 0) is 0 Å². The van der Waals surface area contributed by atoms with Crippen molar-refractivity contribution in [2.45, 2.75) is 26.7 Å². The molecule has 0 bridgehead atoms. The number of pyridine rings is 1. The molecule has 0 unspecified atom stereocenters. The summed E-state index contributed by atoms with van der Waals surface area (Å²) >= 11 is 0. The molecule has 0 atom stereocenters. The lowest BCUT2D eigenvalue weighted by molar-refractivity contribution is 0.773. The van der Waals surface area contributed by atoms with E-state index >= 15 is 0 Å². The first-order valence-corrected chi connectivity index (χ1v) is 5.02. The SMILES string of the molecule is Cc1nc(C(C)C)ccc1-n1ccnn1. The summed E-state index contributed by atoms with van der Waals surface area (Å²) in [6.45, 7) is 6.26. The number of aryl methyl sites for hydroxylation is 1. The van der Waals surface area contributed by atoms with Gasteiger partial charge >= 0.3 is 0 Å². The molecule has 15 heavy (non-hydrogen) atoms. The van der Waals surface area contributed by atoms with Gasteiger partial charge in [0.05, 0.1) is 23.8 Å². The van der Waals surface area contributed by atoms with Crippen molar-refractivity contribution >= 4 is 0 Å². The van der Waals surface area contributed by atoms with Gasteiger partial charge in [-0.25, -0.2) is 4.68 Å². The normalized spacial score (nSPS) is 10.9. The summed E-state index contributed by atoms with van der Waals surface area (Å²) < 4.78 is 1.73. The number of hydrogen-bond donors (Lipinski definition) is 0. The number of nitrogens with zero attached hydrogens (tertiary/aromatic N) is 4. The van der Waals surface area contributed by atoms with Crippen LogP contribution in [0.2, 0.25) is 0 Å². The van der Waals surface area contributed by atoms with Gasteiger partial charge < -0.3 is 0 Å². The van der Waals surface area contributed by atoms with Crippen molar-refractivity contribution in [3.8, 4) is 5.69 Å². The van der Waals surface area contributed by atoms with E-state index < -0.39 is 0 Å². The van der Waals surface area contributed by atoms with Gasteiger partial charge in [-0.05, 0) is 25.0 Å². The average molecular weight is 202 g/mol. The minimum Gasteiger partial charge on any atom is -0.256 e. The average Bonchev–Trinajstić information content (AvgIpc) is 2.70. The third kappa shape index (κ3) is 1.88. The second-order valence-corrected chi connectivity index (χ2v) is 3.84. The summed E-state index contributed by atoms with van der Waals surface area (Å²) in [6.07, 6.45) is 3.48. The Bertz CT molecular complexity index is 446. The van der Waals surface area contributed by atoms with Crippen LogP contribution in [0, 0.1) is 6.92 Å². The molecule has 0 fully saturated rings. The van der Waals surface area contributed by atoms with Crippen LogP contribution in [0.5, 0.6) is 0 Å². The summed E-state index contributed by atoms with van der Waals surface area (Å²) in [6, 6.07) is 4.07. The molecular weight excluding hydrogens is 188 g/mol. The fraction of sp³-hybridized carbons (Fsp3) is 0.364. The zero-order chi connectivity index (χ0) is 10.8. The fourth-order valence-corrected chi connectivity index (χ4v) is 1.47. The molecular formula is C11H14N4. The molecule has 4 heteroatoms. The third-order valence-corrected chi connectivity index (χ3v) is 2.34. The molecule has 0 saturated heterocycles. The molecule has 0 aliphatic rings. The minimum atomic E-state index is 0.452. The highest BCUT2D eigenvalue weighted by Crippen LogP contribution is 2.16. The molecule has 0 aromatic carbocycles. The van der Waals surface area contributed by atoms with Gasteiger partial charge in [-0.3, -0.25) is 4.98 Å². The van der Waals surface area contributed by atoms with Gasteiger partial charge in [0.2, 0.25) is 0 Å². The molecule has 2 aromatic heterocycles. The maximum Gasteiger partial charge on any atom is 0.0876 e. The van der Waals surface area contributed by atoms with Gasteiger partial charge in [-0.15, -0.1) is 5.10 Å². The molecule has 0 spiro atoms. The van der Waals surface area contributed by atoms with Crippen LogP contribution in [0.1, 0.15) is 31.2 Å². The predicted octanol–water partition coefficient (Wildman–Crippen LogP) is 2.09. The number of aromatic nitrogens is 4. The van der Waals surface area contributed by atoms with Crippen molar-refractivity contribution in [1.82, 2.24) is 20.0 Å². The smallest absolute Gasteiger partial charge is 0.0876 e. The van der Waals surface area contributed by atoms with Crippen molar-refractivity contribution in [2.24, 2.45) is 0 Å². The molecule has 78 valence electrons. The first kappa shape index (κ1) is 9.83. The molecule has 0 saturated carbocycles. The molecule has 0 amide bonds. The molecule has 2 aromatic rings. The first-order valence-electron chi connectivity index (χ1n) is 5.02. The largest absolute Gasteiger partial charge is 0.256 e. The molecule has 2 rings (SSSR count). The lowest BCUT2D eigenvalue weighted by atomic mass is 10.1. The van der Waals surface area contributed by atoms with E-state index in [1.807, 2.05) is 25.3 Å². The maximum atomic E-state index is 4.54. The molecule has 0 N–H and O–H groups in total. The van der Waals surface area contributed by atoms with E-state index in [0.29, 0.717) is 5.92 Å². The van der Waals surface area contributed by atoms with E-state index in [1.54, 1.807) is 10.9 Å². The zero-order valence-corrected chi connectivity index (χ0v) is 9.18. The Morgan fingerprint density at radius 3 is 2.60 bits per heavy atom. The molecule has 0 radical (unpaired) electrons. The number of hydrogen-bond acceptors (Lipinski definition) is 3. The van der Waals surface area contributed by atoms with Gasteiger partial charge in [-0.1, -0.05) is 19.1 Å². The summed E-state index contributed by atoms with van der Waals surface area (Å²) in [5.74, 6) is 0.452. The van der Waals surface area contributed by atoms with Crippen molar-refractivity contribution in [2.75, 3.05) is 0 Å². The van der Waals surface area contributed by atoms with Crippen LogP contribution in [0.4, 0.5) is 0 Å². The lowest BCUT2D eigenvalue weighted by Gasteiger charge is -2.08. The van der Waals surface area contributed by atoms with Crippen molar-refractivity contribution < 1.29 is 0 Å². The predicted molar refractivity (Wildman–Crippen MR) is 58.0 cm³/mol. The number of rotatable bonds is 2. The van der Waals surface area contributed by atoms with Gasteiger partial charge in [-0.2, -0.15) is 0 Å². The molecule has 0 aliphatic carbocycles. The summed E-state index contributed by atoms with van der Waals surface area (Å²) in [5.41, 5.74) is 3.07. The minimum absolute atomic E-state index is 0.452. The Labute approximate surface area is 89.0 Å². The van der Waals surface area contributed by atoms with E-state index in [1.165, 1.54) is 0 Å². The van der Waals surface area contributed by atoms with Crippen molar-refractivity contribution in [1.29, 1.82) is 0 Å². The Hall–Kier alpha value is -1.71. The van der Waals surface area contributed by atoms with E-state index in [0.717, 1.165) is 17.1 Å². The van der Waals surface area contributed by atoms with Crippen LogP contribution in [0.25, 0.3) is 5.69 Å². The summed E-state index contributed by atoms with van der Waals surface area (Å²) in [5, 5.41) is 7.73. The quantitative estimate of drug-likeness (QED) is 0.749. The van der Waals surface area contributed by atoms with Crippen LogP contribution in [0.15, 0.2) is 24.5 Å². The molecule has 4 nitrogen and oxygen atoms in total. The summed E-state index contributed by atoms with van der Waals surface area (Å²) in [7, 11) is 0. The zero-order valence-electron chi connectivity index (χ0n) is 9.18. The van der Waals surface area contributed by atoms with Crippen LogP contribution in [-0.4, -0.2) is 20.0 Å². The second-order valence-electron chi connectivity index (χ2n) is 3.84. The first-order chi connectivity index (χ1) is 7.18.